The van der Waals surface area contributed by atoms with E-state index < -0.39 is 5.91 Å². The second-order valence-corrected chi connectivity index (χ2v) is 4.26. The van der Waals surface area contributed by atoms with Gasteiger partial charge in [-0.25, -0.2) is 0 Å². The number of nitrogens with two attached hydrogens (primary N) is 1. The summed E-state index contributed by atoms with van der Waals surface area (Å²) in [6.07, 6.45) is 2.38. The number of anilines is 1. The van der Waals surface area contributed by atoms with Crippen LogP contribution in [0.5, 0.6) is 5.75 Å². The van der Waals surface area contributed by atoms with Gasteiger partial charge in [-0.05, 0) is 25.0 Å². The number of primary amides is 1. The van der Waals surface area contributed by atoms with Crippen LogP contribution in [0.1, 0.15) is 23.2 Å². The molecule has 1 amide bonds. The number of hydrogen-bond donors (Lipinski definition) is 1. The molecule has 0 bridgehead atoms. The minimum atomic E-state index is -0.444. The molecule has 0 saturated heterocycles. The molecule has 0 aromatic heterocycles. The molecular weight excluding hydrogens is 204 g/mol. The Bertz CT molecular complexity index is 411. The van der Waals surface area contributed by atoms with Crippen LogP contribution < -0.4 is 15.4 Å². The molecule has 1 fully saturated rings. The zero-order chi connectivity index (χ0) is 11.7. The van der Waals surface area contributed by atoms with Gasteiger partial charge in [-0.3, -0.25) is 4.79 Å². The Balaban J connectivity index is 2.33. The maximum Gasteiger partial charge on any atom is 0.252 e. The third-order valence-electron chi connectivity index (χ3n) is 2.57. The first-order valence-electron chi connectivity index (χ1n) is 5.36. The second-order valence-electron chi connectivity index (χ2n) is 4.26. The maximum absolute atomic E-state index is 11.2. The first kappa shape index (κ1) is 10.8. The molecule has 2 rings (SSSR count). The number of ether oxygens (including phenoxy) is 1. The highest BCUT2D eigenvalue weighted by molar-refractivity contribution is 5.96. The van der Waals surface area contributed by atoms with Crippen molar-refractivity contribution >= 4 is 11.6 Å². The van der Waals surface area contributed by atoms with Crippen LogP contribution in [0, 0.1) is 0 Å². The van der Waals surface area contributed by atoms with Crippen LogP contribution in [0.4, 0.5) is 5.69 Å². The van der Waals surface area contributed by atoms with Crippen LogP contribution in [-0.4, -0.2) is 26.1 Å². The maximum atomic E-state index is 11.2. The number of hydrogen-bond acceptors (Lipinski definition) is 3. The minimum Gasteiger partial charge on any atom is -0.490 e. The summed E-state index contributed by atoms with van der Waals surface area (Å²) >= 11 is 0. The highest BCUT2D eigenvalue weighted by Crippen LogP contribution is 2.31. The molecule has 0 unspecified atom stereocenters. The van der Waals surface area contributed by atoms with E-state index in [1.165, 1.54) is 0 Å². The minimum absolute atomic E-state index is 0.260. The van der Waals surface area contributed by atoms with Crippen molar-refractivity contribution in [3.63, 3.8) is 0 Å². The Kier molecular flexibility index (Phi) is 2.73. The summed E-state index contributed by atoms with van der Waals surface area (Å²) in [6.45, 7) is 0. The highest BCUT2D eigenvalue weighted by Gasteiger charge is 2.25. The molecule has 1 aromatic carbocycles. The molecule has 2 N–H and O–H groups in total. The second kappa shape index (κ2) is 4.04. The topological polar surface area (TPSA) is 55.6 Å². The average Bonchev–Trinajstić information content (AvgIpc) is 3.01. The van der Waals surface area contributed by atoms with Crippen molar-refractivity contribution in [3.05, 3.63) is 23.8 Å². The molecule has 1 aliphatic carbocycles. The molecule has 16 heavy (non-hydrogen) atoms. The van der Waals surface area contributed by atoms with Crippen molar-refractivity contribution in [2.24, 2.45) is 5.73 Å². The Hall–Kier alpha value is -1.71. The molecular formula is C12H16N2O2. The number of amides is 1. The van der Waals surface area contributed by atoms with Gasteiger partial charge in [-0.1, -0.05) is 0 Å². The van der Waals surface area contributed by atoms with Gasteiger partial charge in [-0.15, -0.1) is 0 Å². The van der Waals surface area contributed by atoms with Crippen LogP contribution in [-0.2, 0) is 0 Å². The van der Waals surface area contributed by atoms with Crippen molar-refractivity contribution in [3.8, 4) is 5.75 Å². The normalized spacial score (nSPS) is 14.6. The van der Waals surface area contributed by atoms with Gasteiger partial charge in [-0.2, -0.15) is 0 Å². The Morgan fingerprint density at radius 3 is 2.62 bits per heavy atom. The molecule has 0 heterocycles. The molecule has 0 spiro atoms. The van der Waals surface area contributed by atoms with Crippen LogP contribution in [0.15, 0.2) is 18.2 Å². The van der Waals surface area contributed by atoms with E-state index in [0.29, 0.717) is 11.3 Å². The molecule has 1 aliphatic rings. The van der Waals surface area contributed by atoms with E-state index in [4.69, 9.17) is 10.5 Å². The largest absolute Gasteiger partial charge is 0.490 e. The summed E-state index contributed by atoms with van der Waals surface area (Å²) in [4.78, 5) is 13.2. The van der Waals surface area contributed by atoms with E-state index in [1.807, 2.05) is 31.1 Å². The average molecular weight is 220 g/mol. The molecule has 1 aromatic rings. The fourth-order valence-corrected chi connectivity index (χ4v) is 1.46. The summed E-state index contributed by atoms with van der Waals surface area (Å²) in [5, 5.41) is 0. The first-order chi connectivity index (χ1) is 7.58. The molecule has 0 radical (unpaired) electrons. The van der Waals surface area contributed by atoms with E-state index in [1.54, 1.807) is 6.07 Å². The number of rotatable bonds is 4. The predicted molar refractivity (Wildman–Crippen MR) is 62.9 cm³/mol. The lowest BCUT2D eigenvalue weighted by atomic mass is 10.1. The van der Waals surface area contributed by atoms with Gasteiger partial charge >= 0.3 is 0 Å². The van der Waals surface area contributed by atoms with Crippen molar-refractivity contribution in [1.82, 2.24) is 0 Å². The third kappa shape index (κ3) is 2.27. The van der Waals surface area contributed by atoms with Gasteiger partial charge in [0.1, 0.15) is 5.75 Å². The molecule has 0 atom stereocenters. The van der Waals surface area contributed by atoms with Gasteiger partial charge in [0.05, 0.1) is 11.7 Å². The van der Waals surface area contributed by atoms with E-state index in [-0.39, 0.29) is 6.10 Å². The Morgan fingerprint density at radius 2 is 2.12 bits per heavy atom. The number of benzene rings is 1. The third-order valence-corrected chi connectivity index (χ3v) is 2.57. The summed E-state index contributed by atoms with van der Waals surface area (Å²) in [5.41, 5.74) is 6.76. The van der Waals surface area contributed by atoms with Crippen LogP contribution in [0.2, 0.25) is 0 Å². The van der Waals surface area contributed by atoms with Crippen LogP contribution >= 0.6 is 0 Å². The molecule has 86 valence electrons. The number of nitrogens with zero attached hydrogens (tertiary/aromatic N) is 1. The molecule has 1 saturated carbocycles. The molecule has 0 aliphatic heterocycles. The first-order valence-corrected chi connectivity index (χ1v) is 5.36. The monoisotopic (exact) mass is 220 g/mol. The number of carbonyl (C=O) groups is 1. The zero-order valence-corrected chi connectivity index (χ0v) is 9.56. The van der Waals surface area contributed by atoms with Crippen molar-refractivity contribution in [2.75, 3.05) is 19.0 Å². The Labute approximate surface area is 95.0 Å². The lowest BCUT2D eigenvalue weighted by Crippen LogP contribution is -2.15. The van der Waals surface area contributed by atoms with Crippen molar-refractivity contribution in [1.29, 1.82) is 0 Å². The summed E-state index contributed by atoms with van der Waals surface area (Å²) in [7, 11) is 3.89. The smallest absolute Gasteiger partial charge is 0.252 e. The SMILES string of the molecule is CN(C)c1ccc(C(N)=O)c(OC2CC2)c1. The standard InChI is InChI=1S/C12H16N2O2/c1-14(2)8-3-6-10(12(13)15)11(7-8)16-9-4-5-9/h3,6-7,9H,4-5H2,1-2H3,(H2,13,15). The van der Waals surface area contributed by atoms with Gasteiger partial charge in [0.25, 0.3) is 5.91 Å². The van der Waals surface area contributed by atoms with E-state index in [2.05, 4.69) is 0 Å². The van der Waals surface area contributed by atoms with Crippen molar-refractivity contribution < 1.29 is 9.53 Å². The number of carbonyl (C=O) groups excluding carboxylic acids is 1. The van der Waals surface area contributed by atoms with E-state index >= 15 is 0 Å². The summed E-state index contributed by atoms with van der Waals surface area (Å²) in [5.74, 6) is 0.155. The fraction of sp³-hybridized carbons (Fsp3) is 0.417. The zero-order valence-electron chi connectivity index (χ0n) is 9.56. The van der Waals surface area contributed by atoms with E-state index in [9.17, 15) is 4.79 Å². The predicted octanol–water partition coefficient (Wildman–Crippen LogP) is 1.39. The van der Waals surface area contributed by atoms with Gasteiger partial charge in [0, 0.05) is 25.8 Å². The Morgan fingerprint density at radius 1 is 1.44 bits per heavy atom. The van der Waals surface area contributed by atoms with Crippen LogP contribution in [0.25, 0.3) is 0 Å². The quantitative estimate of drug-likeness (QED) is 0.834. The lowest BCUT2D eigenvalue weighted by molar-refractivity contribution is 0.0996. The summed E-state index contributed by atoms with van der Waals surface area (Å²) < 4.78 is 5.68. The van der Waals surface area contributed by atoms with Gasteiger partial charge in [0.15, 0.2) is 0 Å². The van der Waals surface area contributed by atoms with E-state index in [0.717, 1.165) is 18.5 Å². The lowest BCUT2D eigenvalue weighted by Gasteiger charge is -2.16. The highest BCUT2D eigenvalue weighted by atomic mass is 16.5. The molecule has 4 heteroatoms. The van der Waals surface area contributed by atoms with Gasteiger partial charge in [0.2, 0.25) is 0 Å². The molecule has 4 nitrogen and oxygen atoms in total. The summed E-state index contributed by atoms with van der Waals surface area (Å²) in [6, 6.07) is 5.44. The van der Waals surface area contributed by atoms with Crippen molar-refractivity contribution in [2.45, 2.75) is 18.9 Å². The van der Waals surface area contributed by atoms with Crippen LogP contribution in [0.3, 0.4) is 0 Å². The fourth-order valence-electron chi connectivity index (χ4n) is 1.46. The van der Waals surface area contributed by atoms with Gasteiger partial charge < -0.3 is 15.4 Å².